The SMILES string of the molecule is [Ca+2].[GeH4].[H-].[H-].[Lu].[SiH4]. The third-order valence-corrected chi connectivity index (χ3v) is 0. The predicted molar refractivity (Wildman–Crippen MR) is 30.6 cm³/mol. The summed E-state index contributed by atoms with van der Waals surface area (Å²) >= 11 is 0. The van der Waals surface area contributed by atoms with Crippen LogP contribution in [0, 0.1) is 36.9 Å². The van der Waals surface area contributed by atoms with Crippen LogP contribution in [0.3, 0.4) is 0 Å². The molecule has 0 heterocycles. The first-order valence-electron chi connectivity index (χ1n) is 0. The van der Waals surface area contributed by atoms with E-state index in [9.17, 15) is 0 Å². The minimum absolute atomic E-state index is 0. The molecular formula is H10CaGeLuSi. The zero-order valence-corrected chi connectivity index (χ0v) is 4.83. The van der Waals surface area contributed by atoms with Crippen LogP contribution in [-0.2, 0) is 0 Å². The zero-order chi connectivity index (χ0) is 0. The van der Waals surface area contributed by atoms with Gasteiger partial charge in [-0.3, -0.25) is 0 Å². The van der Waals surface area contributed by atoms with Crippen molar-refractivity contribution in [2.24, 2.45) is 0 Å². The average Bonchev–Trinajstić information content (AvgIpc) is 0. The Morgan fingerprint density at radius 3 is 1.25 bits per heavy atom. The van der Waals surface area contributed by atoms with Gasteiger partial charge < -0.3 is 2.85 Å². The van der Waals surface area contributed by atoms with E-state index in [1.165, 1.54) is 0 Å². The van der Waals surface area contributed by atoms with Crippen LogP contribution in [0.4, 0.5) is 0 Å². The van der Waals surface area contributed by atoms with Crippen molar-refractivity contribution in [1.82, 2.24) is 0 Å². The van der Waals surface area contributed by atoms with Gasteiger partial charge >= 0.3 is 55.3 Å². The monoisotopic (exact) mass is 327 g/mol. The third kappa shape index (κ3) is 8.98. The van der Waals surface area contributed by atoms with Crippen molar-refractivity contribution in [3.63, 3.8) is 0 Å². The second-order valence-electron chi connectivity index (χ2n) is 0. The molecule has 0 fully saturated rings. The van der Waals surface area contributed by atoms with Gasteiger partial charge in [-0.2, -0.15) is 0 Å². The van der Waals surface area contributed by atoms with Crippen molar-refractivity contribution >= 4 is 66.3 Å². The van der Waals surface area contributed by atoms with Crippen molar-refractivity contribution in [3.05, 3.63) is 0 Å². The van der Waals surface area contributed by atoms with E-state index in [2.05, 4.69) is 0 Å². The summed E-state index contributed by atoms with van der Waals surface area (Å²) in [5.74, 6) is 0. The molecule has 0 bridgehead atoms. The Labute approximate surface area is 104 Å². The van der Waals surface area contributed by atoms with Gasteiger partial charge in [-0.1, -0.05) is 0 Å². The summed E-state index contributed by atoms with van der Waals surface area (Å²) in [7, 11) is 0. The zero-order valence-electron chi connectivity index (χ0n) is 2.97. The van der Waals surface area contributed by atoms with E-state index in [1.54, 1.807) is 0 Å². The van der Waals surface area contributed by atoms with Crippen molar-refractivity contribution in [3.8, 4) is 0 Å². The molecule has 0 aliphatic carbocycles. The van der Waals surface area contributed by atoms with E-state index >= 15 is 0 Å². The van der Waals surface area contributed by atoms with Gasteiger partial charge in [-0.25, -0.2) is 0 Å². The summed E-state index contributed by atoms with van der Waals surface area (Å²) in [5, 5.41) is 0. The standard InChI is InChI=1S/Ca.GeH4.Lu.H4Si.2H/h;1H4;;1H4;;/q+2;;;;2*-1. The van der Waals surface area contributed by atoms with E-state index in [-0.39, 0.29) is 106 Å². The van der Waals surface area contributed by atoms with Gasteiger partial charge in [0.25, 0.3) is 0 Å². The van der Waals surface area contributed by atoms with Crippen LogP contribution in [0.15, 0.2) is 0 Å². The van der Waals surface area contributed by atoms with E-state index < -0.39 is 0 Å². The Balaban J connectivity index is 0. The molecule has 0 rings (SSSR count). The van der Waals surface area contributed by atoms with Crippen LogP contribution in [0.1, 0.15) is 2.85 Å². The molecule has 0 saturated carbocycles. The summed E-state index contributed by atoms with van der Waals surface area (Å²) in [6.45, 7) is 0. The molecule has 0 amide bonds. The summed E-state index contributed by atoms with van der Waals surface area (Å²) in [6.07, 6.45) is 0. The number of hydrogen-bond acceptors (Lipinski definition) is 0. The van der Waals surface area contributed by atoms with Crippen LogP contribution in [-0.4, -0.2) is 66.3 Å². The first-order chi connectivity index (χ1) is 0. The molecule has 0 atom stereocenters. The van der Waals surface area contributed by atoms with E-state index in [0.717, 1.165) is 0 Å². The minimum atomic E-state index is 0. The quantitative estimate of drug-likeness (QED) is 0.415. The smallest absolute Gasteiger partial charge is 0 e. The molecule has 0 aromatic rings. The maximum Gasteiger partial charge on any atom is 0 e. The topological polar surface area (TPSA) is 0 Å². The third-order valence-electron chi connectivity index (χ3n) is 0. The molecule has 35 valence electrons. The normalized spacial score (nSPS) is 0. The van der Waals surface area contributed by atoms with Crippen LogP contribution in [0.25, 0.3) is 0 Å². The van der Waals surface area contributed by atoms with Crippen molar-refractivity contribution in [2.75, 3.05) is 0 Å². The molecule has 4 heteroatoms. The molecule has 0 aliphatic heterocycles. The largest absolute Gasteiger partial charge is 1.00 e. The van der Waals surface area contributed by atoms with E-state index in [4.69, 9.17) is 0 Å². The molecule has 4 heavy (non-hydrogen) atoms. The number of rotatable bonds is 0. The molecule has 0 aromatic carbocycles. The van der Waals surface area contributed by atoms with Crippen LogP contribution in [0.5, 0.6) is 0 Å². The van der Waals surface area contributed by atoms with E-state index in [1.807, 2.05) is 0 Å². The maximum absolute atomic E-state index is 0. The van der Waals surface area contributed by atoms with Gasteiger partial charge in [-0.05, 0) is 11.0 Å². The first-order valence-corrected chi connectivity index (χ1v) is 0. The van der Waals surface area contributed by atoms with Crippen LogP contribution in [0.2, 0.25) is 0 Å². The molecule has 0 spiro atoms. The fourth-order valence-corrected chi connectivity index (χ4v) is 0. The Morgan fingerprint density at radius 2 is 1.25 bits per heavy atom. The molecule has 0 saturated heterocycles. The van der Waals surface area contributed by atoms with Gasteiger partial charge in [0, 0.05) is 36.9 Å². The van der Waals surface area contributed by atoms with Gasteiger partial charge in [0.15, 0.2) is 0 Å². The summed E-state index contributed by atoms with van der Waals surface area (Å²) in [6, 6.07) is 0. The predicted octanol–water partition coefficient (Wildman–Crippen LogP) is -3.06. The molecule has 0 aromatic heterocycles. The Bertz CT molecular complexity index is 13.5. The first kappa shape index (κ1) is 26.8. The molecule has 0 N–H and O–H groups in total. The molecular weight excluding hydrogens is 316 g/mol. The van der Waals surface area contributed by atoms with Crippen LogP contribution < -0.4 is 0 Å². The molecule has 0 nitrogen and oxygen atoms in total. The molecule has 1 radical (unpaired) electrons. The van der Waals surface area contributed by atoms with Gasteiger partial charge in [0.1, 0.15) is 0 Å². The van der Waals surface area contributed by atoms with Gasteiger partial charge in [-0.15, -0.1) is 0 Å². The molecule has 0 unspecified atom stereocenters. The Kier molecular flexibility index (Phi) is 109. The summed E-state index contributed by atoms with van der Waals surface area (Å²) < 4.78 is 0. The number of hydrogen-bond donors (Lipinski definition) is 0. The van der Waals surface area contributed by atoms with Gasteiger partial charge in [0.05, 0.1) is 0 Å². The minimum Gasteiger partial charge on any atom is -1.00 e. The Hall–Kier alpha value is 3.25. The van der Waals surface area contributed by atoms with Crippen molar-refractivity contribution in [2.45, 2.75) is 0 Å². The van der Waals surface area contributed by atoms with E-state index in [0.29, 0.717) is 0 Å². The van der Waals surface area contributed by atoms with Crippen molar-refractivity contribution < 1.29 is 39.7 Å². The second-order valence-corrected chi connectivity index (χ2v) is 0. The van der Waals surface area contributed by atoms with Crippen LogP contribution >= 0.6 is 0 Å². The van der Waals surface area contributed by atoms with Gasteiger partial charge in [0.2, 0.25) is 0 Å². The summed E-state index contributed by atoms with van der Waals surface area (Å²) in [5.41, 5.74) is 0. The summed E-state index contributed by atoms with van der Waals surface area (Å²) in [4.78, 5) is 0. The molecule has 0 aliphatic rings. The maximum atomic E-state index is 0. The average molecular weight is 326 g/mol. The fourth-order valence-electron chi connectivity index (χ4n) is 0. The van der Waals surface area contributed by atoms with Crippen molar-refractivity contribution in [1.29, 1.82) is 0 Å². The Morgan fingerprint density at radius 1 is 1.25 bits per heavy atom. The fraction of sp³-hybridized carbons (Fsp3) is 0. The second kappa shape index (κ2) is 16.3.